The number of furan rings is 1. The third kappa shape index (κ3) is 2.47. The molecule has 0 spiro atoms. The summed E-state index contributed by atoms with van der Waals surface area (Å²) in [6.45, 7) is 8.17. The topological polar surface area (TPSA) is 59.2 Å². The van der Waals surface area contributed by atoms with E-state index < -0.39 is 6.10 Å². The van der Waals surface area contributed by atoms with Crippen molar-refractivity contribution in [3.63, 3.8) is 0 Å². The normalized spacial score (nSPS) is 13.8. The molecule has 0 fully saturated rings. The number of benzene rings is 1. The molecule has 2 aromatic heterocycles. The van der Waals surface area contributed by atoms with Crippen LogP contribution in [0.5, 0.6) is 0 Å². The summed E-state index contributed by atoms with van der Waals surface area (Å²) in [6, 6.07) is 7.85. The largest absolute Gasteiger partial charge is 0.458 e. The number of para-hydroxylation sites is 1. The summed E-state index contributed by atoms with van der Waals surface area (Å²) in [7, 11) is 0. The van der Waals surface area contributed by atoms with E-state index >= 15 is 0 Å². The van der Waals surface area contributed by atoms with E-state index in [1.54, 1.807) is 0 Å². The van der Waals surface area contributed by atoms with Crippen LogP contribution in [0.1, 0.15) is 48.8 Å². The molecule has 0 aliphatic heterocycles. The van der Waals surface area contributed by atoms with Crippen LogP contribution < -0.4 is 0 Å². The Morgan fingerprint density at radius 2 is 2.05 bits per heavy atom. The Hall–Kier alpha value is -1.72. The molecule has 1 N–H and O–H groups in total. The Bertz CT molecular complexity index is 783. The van der Waals surface area contributed by atoms with Gasteiger partial charge in [-0.25, -0.2) is 0 Å². The molecule has 1 unspecified atom stereocenters. The highest BCUT2D eigenvalue weighted by Crippen LogP contribution is 2.36. The molecule has 110 valence electrons. The minimum absolute atomic E-state index is 0.161. The summed E-state index contributed by atoms with van der Waals surface area (Å²) in [5, 5.41) is 15.8. The van der Waals surface area contributed by atoms with Crippen LogP contribution in [0.4, 0.5) is 0 Å². The third-order valence-corrected chi connectivity index (χ3v) is 4.28. The quantitative estimate of drug-likeness (QED) is 0.778. The van der Waals surface area contributed by atoms with Crippen molar-refractivity contribution in [2.45, 2.75) is 39.2 Å². The maximum atomic E-state index is 10.7. The number of rotatable bonds is 2. The molecule has 0 saturated carbocycles. The Balaban J connectivity index is 2.07. The second-order valence-electron chi connectivity index (χ2n) is 6.28. The van der Waals surface area contributed by atoms with Crippen molar-refractivity contribution >= 4 is 22.5 Å². The first kappa shape index (κ1) is 14.2. The lowest BCUT2D eigenvalue weighted by atomic mass is 9.90. The zero-order valence-electron chi connectivity index (χ0n) is 12.5. The van der Waals surface area contributed by atoms with E-state index in [9.17, 15) is 5.11 Å². The van der Waals surface area contributed by atoms with Gasteiger partial charge in [0.25, 0.3) is 0 Å². The summed E-state index contributed by atoms with van der Waals surface area (Å²) in [4.78, 5) is 0.749. The zero-order chi connectivity index (χ0) is 15.2. The van der Waals surface area contributed by atoms with Gasteiger partial charge in [0.2, 0.25) is 0 Å². The molecular formula is C16H18N2O2S. The fourth-order valence-corrected chi connectivity index (χ4v) is 3.25. The third-order valence-electron chi connectivity index (χ3n) is 3.50. The van der Waals surface area contributed by atoms with Gasteiger partial charge in [0.15, 0.2) is 0 Å². The van der Waals surface area contributed by atoms with Crippen molar-refractivity contribution in [1.82, 2.24) is 9.59 Å². The average molecular weight is 302 g/mol. The molecule has 0 bridgehead atoms. The summed E-state index contributed by atoms with van der Waals surface area (Å²) in [5.41, 5.74) is 2.54. The molecular weight excluding hydrogens is 284 g/mol. The highest BCUT2D eigenvalue weighted by atomic mass is 32.1. The summed E-state index contributed by atoms with van der Waals surface area (Å²) >= 11 is 1.22. The van der Waals surface area contributed by atoms with Crippen molar-refractivity contribution in [3.05, 3.63) is 46.2 Å². The summed E-state index contributed by atoms with van der Waals surface area (Å²) < 4.78 is 9.85. The maximum absolute atomic E-state index is 10.7. The second-order valence-corrected chi connectivity index (χ2v) is 7.07. The Kier molecular flexibility index (Phi) is 3.34. The molecule has 1 aromatic carbocycles. The molecule has 2 heterocycles. The van der Waals surface area contributed by atoms with Crippen LogP contribution in [0.25, 0.3) is 11.0 Å². The molecule has 4 nitrogen and oxygen atoms in total. The molecule has 3 rings (SSSR count). The number of aliphatic hydroxyl groups excluding tert-OH is 1. The molecule has 0 aliphatic carbocycles. The minimum atomic E-state index is -0.828. The lowest BCUT2D eigenvalue weighted by Crippen LogP contribution is -2.15. The van der Waals surface area contributed by atoms with Gasteiger partial charge in [-0.2, -0.15) is 0 Å². The lowest BCUT2D eigenvalue weighted by molar-refractivity contribution is 0.193. The summed E-state index contributed by atoms with van der Waals surface area (Å²) in [5.74, 6) is 0.538. The first-order valence-electron chi connectivity index (χ1n) is 6.88. The van der Waals surface area contributed by atoms with Gasteiger partial charge in [0.1, 0.15) is 17.4 Å². The molecule has 1 atom stereocenters. The van der Waals surface area contributed by atoms with Gasteiger partial charge >= 0.3 is 0 Å². The Morgan fingerprint density at radius 1 is 1.29 bits per heavy atom. The minimum Gasteiger partial charge on any atom is -0.458 e. The van der Waals surface area contributed by atoms with Gasteiger partial charge in [-0.15, -0.1) is 5.10 Å². The van der Waals surface area contributed by atoms with E-state index in [0.29, 0.717) is 5.76 Å². The molecule has 0 aliphatic rings. The first-order chi connectivity index (χ1) is 9.88. The highest BCUT2D eigenvalue weighted by Gasteiger charge is 2.28. The van der Waals surface area contributed by atoms with Crippen molar-refractivity contribution in [1.29, 1.82) is 0 Å². The number of aliphatic hydroxyl groups is 1. The molecule has 3 aromatic rings. The van der Waals surface area contributed by atoms with Gasteiger partial charge in [0, 0.05) is 10.8 Å². The van der Waals surface area contributed by atoms with Gasteiger partial charge in [0.05, 0.1) is 10.6 Å². The molecule has 0 radical (unpaired) electrons. The number of hydrogen-bond donors (Lipinski definition) is 1. The number of nitrogens with zero attached hydrogens (tertiary/aromatic N) is 2. The van der Waals surface area contributed by atoms with Crippen molar-refractivity contribution in [2.75, 3.05) is 0 Å². The van der Waals surface area contributed by atoms with Crippen molar-refractivity contribution in [3.8, 4) is 0 Å². The van der Waals surface area contributed by atoms with Crippen LogP contribution in [0, 0.1) is 6.92 Å². The Labute approximate surface area is 127 Å². The number of aryl methyl sites for hydroxylation is 1. The van der Waals surface area contributed by atoms with Gasteiger partial charge in [-0.05, 0) is 30.1 Å². The fraction of sp³-hybridized carbons (Fsp3) is 0.375. The van der Waals surface area contributed by atoms with Crippen LogP contribution in [0.15, 0.2) is 28.7 Å². The first-order valence-corrected chi connectivity index (χ1v) is 7.65. The van der Waals surface area contributed by atoms with Crippen LogP contribution in [0.3, 0.4) is 0 Å². The van der Waals surface area contributed by atoms with Gasteiger partial charge < -0.3 is 9.52 Å². The highest BCUT2D eigenvalue weighted by molar-refractivity contribution is 7.05. The number of hydrogen-bond acceptors (Lipinski definition) is 5. The molecule has 0 amide bonds. The standard InChI is InChI=1S/C16H18N2O2S/c1-9-6-5-7-10-8-11(20-13(9)10)12(19)14-15(16(2,3)4)17-18-21-14/h5-8,12,19H,1-4H3. The lowest BCUT2D eigenvalue weighted by Gasteiger charge is -2.18. The number of aromatic nitrogens is 2. The van der Waals surface area contributed by atoms with Crippen LogP contribution in [0.2, 0.25) is 0 Å². The van der Waals surface area contributed by atoms with Crippen LogP contribution >= 0.6 is 11.5 Å². The monoisotopic (exact) mass is 302 g/mol. The maximum Gasteiger partial charge on any atom is 0.149 e. The van der Waals surface area contributed by atoms with E-state index in [1.807, 2.05) is 31.2 Å². The van der Waals surface area contributed by atoms with E-state index in [1.165, 1.54) is 11.5 Å². The fourth-order valence-electron chi connectivity index (χ4n) is 2.39. The predicted molar refractivity (Wildman–Crippen MR) is 83.6 cm³/mol. The molecule has 5 heteroatoms. The van der Waals surface area contributed by atoms with Crippen molar-refractivity contribution in [2.24, 2.45) is 0 Å². The van der Waals surface area contributed by atoms with Crippen LogP contribution in [-0.4, -0.2) is 14.7 Å². The van der Waals surface area contributed by atoms with Crippen LogP contribution in [-0.2, 0) is 5.41 Å². The molecule has 0 saturated heterocycles. The Morgan fingerprint density at radius 3 is 2.71 bits per heavy atom. The SMILES string of the molecule is Cc1cccc2cc(C(O)c3snnc3C(C)(C)C)oc12. The van der Waals surface area contributed by atoms with E-state index in [4.69, 9.17) is 4.42 Å². The van der Waals surface area contributed by atoms with E-state index in [-0.39, 0.29) is 5.41 Å². The molecule has 21 heavy (non-hydrogen) atoms. The number of fused-ring (bicyclic) bond motifs is 1. The smallest absolute Gasteiger partial charge is 0.149 e. The van der Waals surface area contributed by atoms with Crippen molar-refractivity contribution < 1.29 is 9.52 Å². The summed E-state index contributed by atoms with van der Waals surface area (Å²) in [6.07, 6.45) is -0.828. The zero-order valence-corrected chi connectivity index (χ0v) is 13.4. The average Bonchev–Trinajstić information content (AvgIpc) is 3.04. The van der Waals surface area contributed by atoms with E-state index in [0.717, 1.165) is 27.1 Å². The second kappa shape index (κ2) is 4.93. The van der Waals surface area contributed by atoms with Gasteiger partial charge in [-0.1, -0.05) is 43.5 Å². The van der Waals surface area contributed by atoms with E-state index in [2.05, 4.69) is 30.4 Å². The predicted octanol–water partition coefficient (Wildman–Crippen LogP) is 3.97. The van der Waals surface area contributed by atoms with Gasteiger partial charge in [-0.3, -0.25) is 0 Å².